The lowest BCUT2D eigenvalue weighted by molar-refractivity contribution is -0.134. The van der Waals surface area contributed by atoms with Crippen molar-refractivity contribution in [3.05, 3.63) is 17.1 Å². The highest BCUT2D eigenvalue weighted by molar-refractivity contribution is 5.45. The number of nitrogens with one attached hydrogen (secondary N) is 1. The van der Waals surface area contributed by atoms with E-state index in [1.54, 1.807) is 6.92 Å². The Labute approximate surface area is 105 Å². The molecule has 1 aromatic rings. The molecule has 0 aromatic carbocycles. The molecule has 1 N–H and O–H groups in total. The van der Waals surface area contributed by atoms with Crippen LogP contribution in [0.3, 0.4) is 0 Å². The van der Waals surface area contributed by atoms with E-state index in [1.807, 2.05) is 13.8 Å². The lowest BCUT2D eigenvalue weighted by atomic mass is 10.2. The second-order valence-corrected chi connectivity index (χ2v) is 4.24. The summed E-state index contributed by atoms with van der Waals surface area (Å²) in [6, 6.07) is 0. The number of aryl methyl sites for hydroxylation is 2. The molecule has 0 radical (unpaired) electrons. The van der Waals surface area contributed by atoms with Gasteiger partial charge in [-0.25, -0.2) is 9.97 Å². The highest BCUT2D eigenvalue weighted by atomic mass is 19.4. The van der Waals surface area contributed by atoms with Crippen molar-refractivity contribution < 1.29 is 13.2 Å². The maximum Gasteiger partial charge on any atom is 0.389 e. The first-order valence-corrected chi connectivity index (χ1v) is 5.98. The normalized spacial score (nSPS) is 11.7. The fourth-order valence-corrected chi connectivity index (χ4v) is 1.47. The molecule has 0 spiro atoms. The molecule has 0 atom stereocenters. The van der Waals surface area contributed by atoms with Crippen molar-refractivity contribution in [3.63, 3.8) is 0 Å². The molecule has 0 saturated carbocycles. The molecule has 102 valence electrons. The first-order valence-electron chi connectivity index (χ1n) is 5.98. The lowest BCUT2D eigenvalue weighted by Crippen LogP contribution is -2.13. The number of hydrogen-bond acceptors (Lipinski definition) is 3. The Morgan fingerprint density at radius 3 is 2.39 bits per heavy atom. The molecule has 1 rings (SSSR count). The SMILES string of the molecule is CCCNc1nc(CCC(F)(F)F)nc(C)c1C. The fourth-order valence-electron chi connectivity index (χ4n) is 1.47. The van der Waals surface area contributed by atoms with E-state index in [2.05, 4.69) is 15.3 Å². The number of rotatable bonds is 5. The molecule has 0 aliphatic heterocycles. The Bertz CT molecular complexity index is 402. The molecule has 6 heteroatoms. The molecule has 0 amide bonds. The number of halogens is 3. The largest absolute Gasteiger partial charge is 0.389 e. The number of nitrogens with zero attached hydrogens (tertiary/aromatic N) is 2. The van der Waals surface area contributed by atoms with Crippen molar-refractivity contribution in [2.24, 2.45) is 0 Å². The van der Waals surface area contributed by atoms with Gasteiger partial charge in [-0.2, -0.15) is 13.2 Å². The molecule has 0 aliphatic carbocycles. The minimum Gasteiger partial charge on any atom is -0.370 e. The van der Waals surface area contributed by atoms with E-state index in [9.17, 15) is 13.2 Å². The van der Waals surface area contributed by atoms with E-state index in [4.69, 9.17) is 0 Å². The Morgan fingerprint density at radius 1 is 1.17 bits per heavy atom. The average Bonchev–Trinajstić information content (AvgIpc) is 2.28. The number of alkyl halides is 3. The fraction of sp³-hybridized carbons (Fsp3) is 0.667. The second-order valence-electron chi connectivity index (χ2n) is 4.24. The van der Waals surface area contributed by atoms with Crippen LogP contribution in [-0.4, -0.2) is 22.7 Å². The topological polar surface area (TPSA) is 37.8 Å². The summed E-state index contributed by atoms with van der Waals surface area (Å²) in [5.41, 5.74) is 1.61. The van der Waals surface area contributed by atoms with Crippen LogP contribution < -0.4 is 5.32 Å². The third kappa shape index (κ3) is 4.50. The van der Waals surface area contributed by atoms with Crippen molar-refractivity contribution in [1.82, 2.24) is 9.97 Å². The Kier molecular flexibility index (Phi) is 4.93. The first kappa shape index (κ1) is 14.7. The molecule has 1 heterocycles. The summed E-state index contributed by atoms with van der Waals surface area (Å²) >= 11 is 0. The summed E-state index contributed by atoms with van der Waals surface area (Å²) in [5.74, 6) is 0.885. The quantitative estimate of drug-likeness (QED) is 0.882. The summed E-state index contributed by atoms with van der Waals surface area (Å²) in [4.78, 5) is 8.24. The predicted molar refractivity (Wildman–Crippen MR) is 64.7 cm³/mol. The highest BCUT2D eigenvalue weighted by Crippen LogP contribution is 2.22. The van der Waals surface area contributed by atoms with Crippen molar-refractivity contribution in [2.45, 2.75) is 46.2 Å². The molecule has 0 saturated heterocycles. The summed E-state index contributed by atoms with van der Waals surface area (Å²) in [7, 11) is 0. The van der Waals surface area contributed by atoms with Gasteiger partial charge in [0.05, 0.1) is 6.42 Å². The molecule has 0 unspecified atom stereocenters. The summed E-state index contributed by atoms with van der Waals surface area (Å²) < 4.78 is 36.5. The van der Waals surface area contributed by atoms with E-state index >= 15 is 0 Å². The van der Waals surface area contributed by atoms with E-state index in [0.717, 1.165) is 24.2 Å². The number of hydrogen-bond donors (Lipinski definition) is 1. The van der Waals surface area contributed by atoms with Crippen LogP contribution in [-0.2, 0) is 6.42 Å². The van der Waals surface area contributed by atoms with E-state index < -0.39 is 12.6 Å². The predicted octanol–water partition coefficient (Wildman–Crippen LogP) is 3.41. The third-order valence-corrected chi connectivity index (χ3v) is 2.61. The van der Waals surface area contributed by atoms with Crippen molar-refractivity contribution >= 4 is 5.82 Å². The van der Waals surface area contributed by atoms with Gasteiger partial charge in [0.2, 0.25) is 0 Å². The van der Waals surface area contributed by atoms with Crippen molar-refractivity contribution in [2.75, 3.05) is 11.9 Å². The molecule has 0 bridgehead atoms. The lowest BCUT2D eigenvalue weighted by Gasteiger charge is -2.12. The summed E-state index contributed by atoms with van der Waals surface area (Å²) in [6.07, 6.45) is -4.30. The van der Waals surface area contributed by atoms with Crippen LogP contribution in [0.4, 0.5) is 19.0 Å². The van der Waals surface area contributed by atoms with E-state index in [-0.39, 0.29) is 12.2 Å². The van der Waals surface area contributed by atoms with Gasteiger partial charge < -0.3 is 5.32 Å². The Hall–Kier alpha value is -1.33. The molecule has 0 fully saturated rings. The number of anilines is 1. The van der Waals surface area contributed by atoms with Gasteiger partial charge in [0.15, 0.2) is 0 Å². The zero-order chi connectivity index (χ0) is 13.8. The minimum absolute atomic E-state index is 0.175. The summed E-state index contributed by atoms with van der Waals surface area (Å²) in [5, 5.41) is 3.11. The maximum absolute atomic E-state index is 12.2. The van der Waals surface area contributed by atoms with Crippen molar-refractivity contribution in [3.8, 4) is 0 Å². The number of aromatic nitrogens is 2. The van der Waals surface area contributed by atoms with Gasteiger partial charge in [-0.15, -0.1) is 0 Å². The Balaban J connectivity index is 2.83. The molecule has 3 nitrogen and oxygen atoms in total. The van der Waals surface area contributed by atoms with Gasteiger partial charge in [-0.1, -0.05) is 6.92 Å². The van der Waals surface area contributed by atoms with Gasteiger partial charge in [0, 0.05) is 24.2 Å². The van der Waals surface area contributed by atoms with Crippen LogP contribution in [0, 0.1) is 13.8 Å². The van der Waals surface area contributed by atoms with Crippen LogP contribution >= 0.6 is 0 Å². The standard InChI is InChI=1S/C12H18F3N3/c1-4-7-16-11-8(2)9(3)17-10(18-11)5-6-12(13,14)15/h4-7H2,1-3H3,(H,16,17,18). The average molecular weight is 261 g/mol. The smallest absolute Gasteiger partial charge is 0.370 e. The van der Waals surface area contributed by atoms with Crippen LogP contribution in [0.5, 0.6) is 0 Å². The van der Waals surface area contributed by atoms with Gasteiger partial charge in [-0.05, 0) is 20.3 Å². The van der Waals surface area contributed by atoms with Gasteiger partial charge >= 0.3 is 6.18 Å². The van der Waals surface area contributed by atoms with Crippen LogP contribution in [0.2, 0.25) is 0 Å². The monoisotopic (exact) mass is 261 g/mol. The molecule has 0 aliphatic rings. The van der Waals surface area contributed by atoms with Gasteiger partial charge in [-0.3, -0.25) is 0 Å². The zero-order valence-corrected chi connectivity index (χ0v) is 10.9. The van der Waals surface area contributed by atoms with Gasteiger partial charge in [0.25, 0.3) is 0 Å². The Morgan fingerprint density at radius 2 is 1.83 bits per heavy atom. The van der Waals surface area contributed by atoms with Crippen LogP contribution in [0.15, 0.2) is 0 Å². The minimum atomic E-state index is -4.17. The molecular weight excluding hydrogens is 243 g/mol. The zero-order valence-electron chi connectivity index (χ0n) is 10.9. The van der Waals surface area contributed by atoms with Crippen LogP contribution in [0.1, 0.15) is 36.8 Å². The van der Waals surface area contributed by atoms with Crippen LogP contribution in [0.25, 0.3) is 0 Å². The van der Waals surface area contributed by atoms with Crippen molar-refractivity contribution in [1.29, 1.82) is 0 Å². The van der Waals surface area contributed by atoms with Gasteiger partial charge in [0.1, 0.15) is 11.6 Å². The van der Waals surface area contributed by atoms with E-state index in [0.29, 0.717) is 5.82 Å². The molecule has 18 heavy (non-hydrogen) atoms. The molecule has 1 aromatic heterocycles. The van der Waals surface area contributed by atoms with E-state index in [1.165, 1.54) is 0 Å². The maximum atomic E-state index is 12.2. The first-order chi connectivity index (χ1) is 8.33. The second kappa shape index (κ2) is 6.02. The molecular formula is C12H18F3N3. The highest BCUT2D eigenvalue weighted by Gasteiger charge is 2.27. The third-order valence-electron chi connectivity index (χ3n) is 2.61. The summed E-state index contributed by atoms with van der Waals surface area (Å²) in [6.45, 7) is 6.41.